The number of nitrogens with one attached hydrogen (secondary N) is 1. The van der Waals surface area contributed by atoms with Crippen LogP contribution in [0, 0.1) is 5.92 Å². The van der Waals surface area contributed by atoms with Crippen molar-refractivity contribution in [1.29, 1.82) is 0 Å². The van der Waals surface area contributed by atoms with Gasteiger partial charge in [-0.3, -0.25) is 14.5 Å². The summed E-state index contributed by atoms with van der Waals surface area (Å²) < 4.78 is 0. The van der Waals surface area contributed by atoms with Crippen LogP contribution in [0.5, 0.6) is 0 Å². The SMILES string of the molecule is CCN(CC)C(=O)[C@@H]1CCCN(C2CCNCC2)[C@H]1C(=O)c1c2ccccc2cc2ccccc12. The molecular weight excluding hydrogens is 434 g/mol. The summed E-state index contributed by atoms with van der Waals surface area (Å²) in [6.45, 7) is 8.23. The Kier molecular flexibility index (Phi) is 7.17. The zero-order valence-corrected chi connectivity index (χ0v) is 21.0. The monoisotopic (exact) mass is 471 g/mol. The zero-order chi connectivity index (χ0) is 24.4. The van der Waals surface area contributed by atoms with Crippen LogP contribution < -0.4 is 5.32 Å². The molecule has 0 unspecified atom stereocenters. The van der Waals surface area contributed by atoms with Gasteiger partial charge in [-0.05, 0) is 86.8 Å². The maximum atomic E-state index is 14.8. The Labute approximate surface area is 208 Å². The molecule has 3 aromatic carbocycles. The highest BCUT2D eigenvalue weighted by Crippen LogP contribution is 2.36. The van der Waals surface area contributed by atoms with E-state index in [1.807, 2.05) is 43.0 Å². The highest BCUT2D eigenvalue weighted by molar-refractivity contribution is 6.21. The molecule has 0 bridgehead atoms. The summed E-state index contributed by atoms with van der Waals surface area (Å²) in [5.41, 5.74) is 0.780. The second-order valence-corrected chi connectivity index (χ2v) is 9.98. The quantitative estimate of drug-likeness (QED) is 0.411. The molecule has 5 rings (SSSR count). The average molecular weight is 472 g/mol. The Morgan fingerprint density at radius 2 is 1.51 bits per heavy atom. The number of hydrogen-bond acceptors (Lipinski definition) is 4. The van der Waals surface area contributed by atoms with Crippen LogP contribution in [-0.4, -0.2) is 66.3 Å². The Morgan fingerprint density at radius 3 is 2.11 bits per heavy atom. The first-order chi connectivity index (χ1) is 17.1. The lowest BCUT2D eigenvalue weighted by molar-refractivity contribution is -0.139. The van der Waals surface area contributed by atoms with Gasteiger partial charge in [-0.1, -0.05) is 48.5 Å². The number of benzene rings is 3. The number of likely N-dealkylation sites (tertiary alicyclic amines) is 1. The maximum absolute atomic E-state index is 14.8. The minimum absolute atomic E-state index is 0.113. The molecule has 3 aromatic rings. The molecule has 0 saturated carbocycles. The molecule has 1 amide bonds. The molecule has 0 aromatic heterocycles. The lowest BCUT2D eigenvalue weighted by Gasteiger charge is -2.46. The van der Waals surface area contributed by atoms with Gasteiger partial charge in [0.1, 0.15) is 0 Å². The zero-order valence-electron chi connectivity index (χ0n) is 21.0. The van der Waals surface area contributed by atoms with E-state index in [1.54, 1.807) is 0 Å². The van der Waals surface area contributed by atoms with Gasteiger partial charge in [0.25, 0.3) is 0 Å². The number of piperidine rings is 2. The van der Waals surface area contributed by atoms with Gasteiger partial charge < -0.3 is 10.2 Å². The van der Waals surface area contributed by atoms with E-state index in [4.69, 9.17) is 0 Å². The maximum Gasteiger partial charge on any atom is 0.227 e. The smallest absolute Gasteiger partial charge is 0.227 e. The summed E-state index contributed by atoms with van der Waals surface area (Å²) in [6, 6.07) is 18.5. The van der Waals surface area contributed by atoms with Crippen LogP contribution in [0.2, 0.25) is 0 Å². The molecule has 2 fully saturated rings. The van der Waals surface area contributed by atoms with Gasteiger partial charge in [0.05, 0.1) is 12.0 Å². The van der Waals surface area contributed by atoms with Crippen molar-refractivity contribution in [2.24, 2.45) is 5.92 Å². The summed E-state index contributed by atoms with van der Waals surface area (Å²) in [5, 5.41) is 7.58. The molecule has 1 N–H and O–H groups in total. The summed E-state index contributed by atoms with van der Waals surface area (Å²) >= 11 is 0. The van der Waals surface area contributed by atoms with Gasteiger partial charge in [0.15, 0.2) is 5.78 Å². The average Bonchev–Trinajstić information content (AvgIpc) is 2.92. The molecule has 0 aliphatic carbocycles. The molecule has 2 atom stereocenters. The first kappa shape index (κ1) is 24.0. The molecule has 5 heteroatoms. The number of carbonyl (C=O) groups is 2. The fourth-order valence-corrected chi connectivity index (χ4v) is 6.36. The number of hydrogen-bond donors (Lipinski definition) is 1. The molecule has 0 spiro atoms. The first-order valence-corrected chi connectivity index (χ1v) is 13.3. The second-order valence-electron chi connectivity index (χ2n) is 9.98. The summed E-state index contributed by atoms with van der Waals surface area (Å²) in [7, 11) is 0. The largest absolute Gasteiger partial charge is 0.343 e. The Hall–Kier alpha value is -2.76. The molecule has 184 valence electrons. The predicted octanol–water partition coefficient (Wildman–Crippen LogP) is 4.88. The molecule has 5 nitrogen and oxygen atoms in total. The number of amides is 1. The van der Waals surface area contributed by atoms with Crippen LogP contribution in [0.1, 0.15) is 49.9 Å². The third kappa shape index (κ3) is 4.48. The first-order valence-electron chi connectivity index (χ1n) is 13.3. The van der Waals surface area contributed by atoms with E-state index in [-0.39, 0.29) is 17.6 Å². The van der Waals surface area contributed by atoms with Crippen LogP contribution >= 0.6 is 0 Å². The fraction of sp³-hybridized carbons (Fsp3) is 0.467. The van der Waals surface area contributed by atoms with Crippen LogP contribution in [-0.2, 0) is 4.79 Å². The number of fused-ring (bicyclic) bond motifs is 2. The van der Waals surface area contributed by atoms with E-state index >= 15 is 0 Å². The number of nitrogens with zero attached hydrogens (tertiary/aromatic N) is 2. The third-order valence-electron chi connectivity index (χ3n) is 8.13. The van der Waals surface area contributed by atoms with Crippen LogP contribution in [0.4, 0.5) is 0 Å². The third-order valence-corrected chi connectivity index (χ3v) is 8.13. The summed E-state index contributed by atoms with van der Waals surface area (Å²) in [5.74, 6) is -0.0537. The van der Waals surface area contributed by atoms with Crippen LogP contribution in [0.15, 0.2) is 54.6 Å². The highest BCUT2D eigenvalue weighted by Gasteiger charge is 2.45. The number of carbonyl (C=O) groups excluding carboxylic acids is 2. The topological polar surface area (TPSA) is 52.7 Å². The predicted molar refractivity (Wildman–Crippen MR) is 143 cm³/mol. The van der Waals surface area contributed by atoms with Gasteiger partial charge >= 0.3 is 0 Å². The molecule has 2 heterocycles. The van der Waals surface area contributed by atoms with Gasteiger partial charge in [0.2, 0.25) is 5.91 Å². The highest BCUT2D eigenvalue weighted by atomic mass is 16.2. The number of rotatable bonds is 6. The number of ketones is 1. The molecule has 2 saturated heterocycles. The van der Waals surface area contributed by atoms with Gasteiger partial charge in [-0.15, -0.1) is 0 Å². The van der Waals surface area contributed by atoms with Crippen molar-refractivity contribution in [2.45, 2.75) is 51.6 Å². The molecule has 0 radical (unpaired) electrons. The second kappa shape index (κ2) is 10.5. The van der Waals surface area contributed by atoms with Gasteiger partial charge in [-0.25, -0.2) is 0 Å². The molecule has 2 aliphatic rings. The van der Waals surface area contributed by atoms with Crippen molar-refractivity contribution >= 4 is 33.2 Å². The number of Topliss-reactive ketones (excluding diaryl/α,β-unsaturated/α-hetero) is 1. The van der Waals surface area contributed by atoms with E-state index in [0.717, 1.165) is 72.4 Å². The molecule has 2 aliphatic heterocycles. The lowest BCUT2D eigenvalue weighted by atomic mass is 9.79. The Balaban J connectivity index is 1.66. The van der Waals surface area contributed by atoms with Crippen molar-refractivity contribution in [2.75, 3.05) is 32.7 Å². The molecular formula is C30H37N3O2. The van der Waals surface area contributed by atoms with Crippen LogP contribution in [0.25, 0.3) is 21.5 Å². The minimum atomic E-state index is -0.422. The fourth-order valence-electron chi connectivity index (χ4n) is 6.36. The summed E-state index contributed by atoms with van der Waals surface area (Å²) in [4.78, 5) is 32.9. The van der Waals surface area contributed by atoms with Crippen molar-refractivity contribution in [1.82, 2.24) is 15.1 Å². The standard InChI is InChI=1S/C30H37N3O2/c1-3-32(4-2)30(35)26-14-9-19-33(23-15-17-31-18-16-23)28(26)29(34)27-24-12-7-5-10-21(24)20-22-11-6-8-13-25(22)27/h5-8,10-13,20,23,26,28,31H,3-4,9,14-19H2,1-2H3/t26-,28-/m1/s1. The van der Waals surface area contributed by atoms with E-state index in [9.17, 15) is 9.59 Å². The van der Waals surface area contributed by atoms with Crippen molar-refractivity contribution in [3.63, 3.8) is 0 Å². The van der Waals surface area contributed by atoms with Crippen molar-refractivity contribution < 1.29 is 9.59 Å². The van der Waals surface area contributed by atoms with E-state index in [2.05, 4.69) is 40.5 Å². The van der Waals surface area contributed by atoms with Crippen molar-refractivity contribution in [3.8, 4) is 0 Å². The van der Waals surface area contributed by atoms with E-state index in [0.29, 0.717) is 19.1 Å². The Morgan fingerprint density at radius 1 is 0.914 bits per heavy atom. The van der Waals surface area contributed by atoms with Gasteiger partial charge in [-0.2, -0.15) is 0 Å². The van der Waals surface area contributed by atoms with Gasteiger partial charge in [0, 0.05) is 24.7 Å². The normalized spacial score (nSPS) is 21.9. The van der Waals surface area contributed by atoms with E-state index in [1.165, 1.54) is 0 Å². The minimum Gasteiger partial charge on any atom is -0.343 e. The van der Waals surface area contributed by atoms with Crippen molar-refractivity contribution in [3.05, 3.63) is 60.2 Å². The van der Waals surface area contributed by atoms with E-state index < -0.39 is 6.04 Å². The lowest BCUT2D eigenvalue weighted by Crippen LogP contribution is -2.59. The summed E-state index contributed by atoms with van der Waals surface area (Å²) in [6.07, 6.45) is 3.77. The Bertz CT molecular complexity index is 1160. The van der Waals surface area contributed by atoms with Crippen LogP contribution in [0.3, 0.4) is 0 Å². The molecule has 35 heavy (non-hydrogen) atoms.